The lowest BCUT2D eigenvalue weighted by Crippen LogP contribution is -2.32. The molecule has 0 amide bonds. The first-order valence-electron chi connectivity index (χ1n) is 5.97. The first-order chi connectivity index (χ1) is 7.70. The van der Waals surface area contributed by atoms with E-state index < -0.39 is 6.10 Å². The van der Waals surface area contributed by atoms with Crippen LogP contribution in [-0.4, -0.2) is 27.4 Å². The second kappa shape index (κ2) is 4.97. The van der Waals surface area contributed by atoms with Gasteiger partial charge in [-0.2, -0.15) is 0 Å². The van der Waals surface area contributed by atoms with Crippen molar-refractivity contribution in [3.8, 4) is 0 Å². The van der Waals surface area contributed by atoms with Gasteiger partial charge in [-0.1, -0.05) is 0 Å². The predicted molar refractivity (Wildman–Crippen MR) is 60.9 cm³/mol. The summed E-state index contributed by atoms with van der Waals surface area (Å²) in [5.41, 5.74) is 0. The van der Waals surface area contributed by atoms with E-state index in [4.69, 9.17) is 4.74 Å². The lowest BCUT2D eigenvalue weighted by atomic mass is 9.78. The van der Waals surface area contributed by atoms with E-state index in [2.05, 4.69) is 4.98 Å². The minimum Gasteiger partial charge on any atom is -0.385 e. The van der Waals surface area contributed by atoms with Crippen molar-refractivity contribution in [2.75, 3.05) is 6.61 Å². The van der Waals surface area contributed by atoms with Gasteiger partial charge in [0.25, 0.3) is 0 Å². The van der Waals surface area contributed by atoms with Gasteiger partial charge in [-0.3, -0.25) is 0 Å². The highest BCUT2D eigenvalue weighted by Gasteiger charge is 2.32. The van der Waals surface area contributed by atoms with Gasteiger partial charge < -0.3 is 14.4 Å². The molecule has 1 atom stereocenters. The average molecular weight is 224 g/mol. The van der Waals surface area contributed by atoms with Gasteiger partial charge in [-0.05, 0) is 32.1 Å². The molecular weight excluding hydrogens is 204 g/mol. The van der Waals surface area contributed by atoms with Crippen LogP contribution in [0.5, 0.6) is 0 Å². The number of aromatic nitrogens is 2. The molecule has 0 bridgehead atoms. The molecule has 1 aliphatic rings. The van der Waals surface area contributed by atoms with Crippen molar-refractivity contribution in [3.05, 3.63) is 18.2 Å². The zero-order chi connectivity index (χ0) is 11.5. The Morgan fingerprint density at radius 1 is 1.62 bits per heavy atom. The van der Waals surface area contributed by atoms with Crippen LogP contribution in [0.3, 0.4) is 0 Å². The summed E-state index contributed by atoms with van der Waals surface area (Å²) in [7, 11) is 1.91. The predicted octanol–water partition coefficient (Wildman–Crippen LogP) is 1.66. The monoisotopic (exact) mass is 224 g/mol. The molecule has 0 aliphatic heterocycles. The Morgan fingerprint density at radius 3 is 2.94 bits per heavy atom. The molecular formula is C12H20N2O2. The van der Waals surface area contributed by atoms with Crippen molar-refractivity contribution in [1.82, 2.24) is 9.55 Å². The summed E-state index contributed by atoms with van der Waals surface area (Å²) in [6, 6.07) is 0. The number of hydrogen-bond donors (Lipinski definition) is 1. The van der Waals surface area contributed by atoms with Crippen molar-refractivity contribution in [2.45, 2.75) is 38.4 Å². The SMILES string of the molecule is CCOC1CC(CC(O)c2nccn2C)C1. The third kappa shape index (κ3) is 2.44. The molecule has 0 aromatic carbocycles. The van der Waals surface area contributed by atoms with Crippen molar-refractivity contribution in [3.63, 3.8) is 0 Å². The maximum Gasteiger partial charge on any atom is 0.137 e. The van der Waals surface area contributed by atoms with Crippen molar-refractivity contribution in [2.24, 2.45) is 13.0 Å². The van der Waals surface area contributed by atoms with Crippen LogP contribution in [0.2, 0.25) is 0 Å². The Labute approximate surface area is 96.3 Å². The number of aliphatic hydroxyl groups excluding tert-OH is 1. The van der Waals surface area contributed by atoms with E-state index >= 15 is 0 Å². The van der Waals surface area contributed by atoms with Gasteiger partial charge in [0.05, 0.1) is 6.10 Å². The minimum atomic E-state index is -0.437. The minimum absolute atomic E-state index is 0.420. The molecule has 0 radical (unpaired) electrons. The van der Waals surface area contributed by atoms with Gasteiger partial charge in [0.2, 0.25) is 0 Å². The quantitative estimate of drug-likeness (QED) is 0.827. The number of aryl methyl sites for hydroxylation is 1. The largest absolute Gasteiger partial charge is 0.385 e. The number of hydrogen-bond acceptors (Lipinski definition) is 3. The topological polar surface area (TPSA) is 47.3 Å². The summed E-state index contributed by atoms with van der Waals surface area (Å²) in [4.78, 5) is 4.16. The average Bonchev–Trinajstić information content (AvgIpc) is 2.61. The van der Waals surface area contributed by atoms with E-state index in [0.29, 0.717) is 12.0 Å². The smallest absolute Gasteiger partial charge is 0.137 e. The first-order valence-corrected chi connectivity index (χ1v) is 5.97. The fourth-order valence-electron chi connectivity index (χ4n) is 2.36. The summed E-state index contributed by atoms with van der Waals surface area (Å²) in [6.45, 7) is 2.81. The molecule has 4 nitrogen and oxygen atoms in total. The summed E-state index contributed by atoms with van der Waals surface area (Å²) in [6.07, 6.45) is 6.53. The van der Waals surface area contributed by atoms with Crippen molar-refractivity contribution >= 4 is 0 Å². The first kappa shape index (κ1) is 11.6. The maximum atomic E-state index is 10.0. The normalized spacial score (nSPS) is 26.4. The molecule has 1 fully saturated rings. The highest BCUT2D eigenvalue weighted by Crippen LogP contribution is 2.36. The van der Waals surface area contributed by atoms with Crippen molar-refractivity contribution in [1.29, 1.82) is 0 Å². The molecule has 90 valence electrons. The number of imidazole rings is 1. The molecule has 0 saturated heterocycles. The molecule has 16 heavy (non-hydrogen) atoms. The van der Waals surface area contributed by atoms with Crippen LogP contribution < -0.4 is 0 Å². The summed E-state index contributed by atoms with van der Waals surface area (Å²) in [5.74, 6) is 1.35. The van der Waals surface area contributed by atoms with Gasteiger partial charge in [-0.15, -0.1) is 0 Å². The molecule has 1 aromatic heterocycles. The zero-order valence-electron chi connectivity index (χ0n) is 9.97. The fourth-order valence-corrected chi connectivity index (χ4v) is 2.36. The molecule has 1 aromatic rings. The van der Waals surface area contributed by atoms with E-state index in [-0.39, 0.29) is 0 Å². The molecule has 4 heteroatoms. The van der Waals surface area contributed by atoms with E-state index in [9.17, 15) is 5.11 Å². The third-order valence-electron chi connectivity index (χ3n) is 3.31. The Hall–Kier alpha value is -0.870. The summed E-state index contributed by atoms with van der Waals surface area (Å²) in [5, 5.41) is 10.0. The van der Waals surface area contributed by atoms with Crippen LogP contribution in [0.1, 0.15) is 38.1 Å². The van der Waals surface area contributed by atoms with Gasteiger partial charge in [0.15, 0.2) is 0 Å². The highest BCUT2D eigenvalue weighted by molar-refractivity contribution is 4.97. The van der Waals surface area contributed by atoms with Gasteiger partial charge >= 0.3 is 0 Å². The maximum absolute atomic E-state index is 10.0. The van der Waals surface area contributed by atoms with Crippen molar-refractivity contribution < 1.29 is 9.84 Å². The van der Waals surface area contributed by atoms with Crippen LogP contribution in [0.15, 0.2) is 12.4 Å². The number of aliphatic hydroxyl groups is 1. The van der Waals surface area contributed by atoms with E-state index in [1.807, 2.05) is 24.7 Å². The molecule has 0 spiro atoms. The second-order valence-corrected chi connectivity index (χ2v) is 4.56. The third-order valence-corrected chi connectivity index (χ3v) is 3.31. The zero-order valence-corrected chi connectivity index (χ0v) is 9.97. The molecule has 1 heterocycles. The van der Waals surface area contributed by atoms with E-state index in [1.165, 1.54) is 0 Å². The lowest BCUT2D eigenvalue weighted by molar-refractivity contribution is -0.0389. The standard InChI is InChI=1S/C12H20N2O2/c1-3-16-10-6-9(7-10)8-11(15)12-13-4-5-14(12)2/h4-5,9-11,15H,3,6-8H2,1-2H3. The van der Waals surface area contributed by atoms with Gasteiger partial charge in [-0.25, -0.2) is 4.98 Å². The number of nitrogens with zero attached hydrogens (tertiary/aromatic N) is 2. The Bertz CT molecular complexity index is 332. The van der Waals surface area contributed by atoms with E-state index in [1.54, 1.807) is 6.20 Å². The van der Waals surface area contributed by atoms with Crippen LogP contribution in [0.25, 0.3) is 0 Å². The summed E-state index contributed by atoms with van der Waals surface area (Å²) < 4.78 is 7.38. The Kier molecular flexibility index (Phi) is 3.61. The molecule has 1 saturated carbocycles. The van der Waals surface area contributed by atoms with Crippen LogP contribution in [0, 0.1) is 5.92 Å². The van der Waals surface area contributed by atoms with Crippen LogP contribution in [-0.2, 0) is 11.8 Å². The molecule has 2 rings (SSSR count). The highest BCUT2D eigenvalue weighted by atomic mass is 16.5. The van der Waals surface area contributed by atoms with Crippen LogP contribution >= 0.6 is 0 Å². The van der Waals surface area contributed by atoms with Gasteiger partial charge in [0, 0.05) is 26.0 Å². The van der Waals surface area contributed by atoms with Crippen LogP contribution in [0.4, 0.5) is 0 Å². The fraction of sp³-hybridized carbons (Fsp3) is 0.750. The summed E-state index contributed by atoms with van der Waals surface area (Å²) >= 11 is 0. The van der Waals surface area contributed by atoms with E-state index in [0.717, 1.165) is 31.7 Å². The number of rotatable bonds is 5. The molecule has 1 aliphatic carbocycles. The van der Waals surface area contributed by atoms with Gasteiger partial charge in [0.1, 0.15) is 11.9 Å². The molecule has 1 unspecified atom stereocenters. The number of ether oxygens (including phenoxy) is 1. The Morgan fingerprint density at radius 2 is 2.38 bits per heavy atom. The molecule has 1 N–H and O–H groups in total. The second-order valence-electron chi connectivity index (χ2n) is 4.56. The lowest BCUT2D eigenvalue weighted by Gasteiger charge is -2.35. The Balaban J connectivity index is 1.77.